The summed E-state index contributed by atoms with van der Waals surface area (Å²) in [5, 5.41) is 2.70. The summed E-state index contributed by atoms with van der Waals surface area (Å²) in [6, 6.07) is 1.49. The van der Waals surface area contributed by atoms with E-state index >= 15 is 0 Å². The van der Waals surface area contributed by atoms with Crippen LogP contribution >= 0.6 is 0 Å². The zero-order valence-electron chi connectivity index (χ0n) is 8.71. The summed E-state index contributed by atoms with van der Waals surface area (Å²) in [6.07, 6.45) is -3.59. The largest absolute Gasteiger partial charge is 0.478 e. The molecule has 0 atom stereocenters. The van der Waals surface area contributed by atoms with Crippen LogP contribution in [0.25, 0.3) is 0 Å². The molecule has 1 rings (SSSR count). The molecule has 1 N–H and O–H groups in total. The van der Waals surface area contributed by atoms with E-state index in [1.54, 1.807) is 7.05 Å². The van der Waals surface area contributed by atoms with Crippen molar-refractivity contribution in [3.8, 4) is 5.88 Å². The molecule has 1 aromatic heterocycles. The van der Waals surface area contributed by atoms with Crippen molar-refractivity contribution >= 4 is 5.95 Å². The molecule has 0 fully saturated rings. The van der Waals surface area contributed by atoms with Crippen LogP contribution in [0.3, 0.4) is 0 Å². The molecule has 1 heterocycles. The van der Waals surface area contributed by atoms with Crippen LogP contribution in [0.2, 0.25) is 0 Å². The summed E-state index contributed by atoms with van der Waals surface area (Å²) in [6.45, 7) is -0.0142. The molecule has 0 saturated carbocycles. The highest BCUT2D eigenvalue weighted by atomic mass is 19.4. The second kappa shape index (κ2) is 5.53. The lowest BCUT2D eigenvalue weighted by Gasteiger charge is -2.07. The van der Waals surface area contributed by atoms with Gasteiger partial charge in [-0.25, -0.2) is 4.98 Å². The molecule has 0 amide bonds. The maximum atomic E-state index is 11.8. The smallest absolute Gasteiger partial charge is 0.389 e. The minimum absolute atomic E-state index is 0.0142. The average molecular weight is 235 g/mol. The molecular weight excluding hydrogens is 223 g/mol. The van der Waals surface area contributed by atoms with Gasteiger partial charge in [0.1, 0.15) is 0 Å². The molecule has 0 radical (unpaired) electrons. The van der Waals surface area contributed by atoms with E-state index in [0.29, 0.717) is 5.95 Å². The average Bonchev–Trinajstić information content (AvgIpc) is 2.23. The number of rotatable bonds is 5. The van der Waals surface area contributed by atoms with Crippen LogP contribution in [-0.4, -0.2) is 29.8 Å². The molecule has 0 aliphatic heterocycles. The van der Waals surface area contributed by atoms with Crippen LogP contribution in [0.5, 0.6) is 5.88 Å². The minimum atomic E-state index is -4.13. The molecule has 0 aliphatic rings. The van der Waals surface area contributed by atoms with Gasteiger partial charge in [-0.1, -0.05) is 0 Å². The fourth-order valence-electron chi connectivity index (χ4n) is 0.992. The molecule has 0 saturated heterocycles. The molecule has 0 bridgehead atoms. The van der Waals surface area contributed by atoms with E-state index in [4.69, 9.17) is 4.74 Å². The van der Waals surface area contributed by atoms with Crippen molar-refractivity contribution in [2.24, 2.45) is 0 Å². The number of nitrogens with one attached hydrogen (secondary N) is 1. The molecule has 0 aromatic carbocycles. The fraction of sp³-hybridized carbons (Fsp3) is 0.556. The van der Waals surface area contributed by atoms with Crippen LogP contribution in [0.4, 0.5) is 19.1 Å². The maximum Gasteiger partial charge on any atom is 0.389 e. The number of anilines is 1. The Morgan fingerprint density at radius 3 is 2.81 bits per heavy atom. The van der Waals surface area contributed by atoms with Crippen LogP contribution in [0.15, 0.2) is 12.3 Å². The highest BCUT2D eigenvalue weighted by molar-refractivity contribution is 5.25. The van der Waals surface area contributed by atoms with Gasteiger partial charge in [0.15, 0.2) is 0 Å². The Hall–Kier alpha value is -1.53. The van der Waals surface area contributed by atoms with Crippen molar-refractivity contribution in [1.29, 1.82) is 0 Å². The van der Waals surface area contributed by atoms with Gasteiger partial charge in [0.2, 0.25) is 11.8 Å². The first kappa shape index (κ1) is 12.5. The van der Waals surface area contributed by atoms with E-state index in [0.717, 1.165) is 0 Å². The van der Waals surface area contributed by atoms with Gasteiger partial charge < -0.3 is 10.1 Å². The monoisotopic (exact) mass is 235 g/mol. The molecule has 16 heavy (non-hydrogen) atoms. The Morgan fingerprint density at radius 2 is 2.19 bits per heavy atom. The Labute approximate surface area is 90.9 Å². The van der Waals surface area contributed by atoms with E-state index < -0.39 is 12.6 Å². The summed E-state index contributed by atoms with van der Waals surface area (Å²) in [5.74, 6) is 0.634. The van der Waals surface area contributed by atoms with Crippen LogP contribution in [-0.2, 0) is 0 Å². The summed E-state index contributed by atoms with van der Waals surface area (Å²) in [7, 11) is 1.64. The van der Waals surface area contributed by atoms with Gasteiger partial charge in [-0.15, -0.1) is 0 Å². The first-order chi connectivity index (χ1) is 7.51. The number of ether oxygens (including phenoxy) is 1. The number of alkyl halides is 3. The highest BCUT2D eigenvalue weighted by Gasteiger charge is 2.26. The van der Waals surface area contributed by atoms with Crippen molar-refractivity contribution in [2.45, 2.75) is 19.0 Å². The lowest BCUT2D eigenvalue weighted by Crippen LogP contribution is -2.10. The summed E-state index contributed by atoms with van der Waals surface area (Å²) >= 11 is 0. The fourth-order valence-corrected chi connectivity index (χ4v) is 0.992. The van der Waals surface area contributed by atoms with Gasteiger partial charge in [0.05, 0.1) is 6.61 Å². The van der Waals surface area contributed by atoms with Gasteiger partial charge in [0, 0.05) is 25.7 Å². The molecule has 90 valence electrons. The van der Waals surface area contributed by atoms with Crippen LogP contribution < -0.4 is 10.1 Å². The Bertz CT molecular complexity index is 330. The van der Waals surface area contributed by atoms with Crippen LogP contribution in [0, 0.1) is 0 Å². The van der Waals surface area contributed by atoms with E-state index in [-0.39, 0.29) is 18.9 Å². The third-order valence-electron chi connectivity index (χ3n) is 1.71. The van der Waals surface area contributed by atoms with Crippen molar-refractivity contribution in [2.75, 3.05) is 19.0 Å². The van der Waals surface area contributed by atoms with Crippen molar-refractivity contribution in [3.05, 3.63) is 12.3 Å². The zero-order chi connectivity index (χ0) is 12.0. The first-order valence-corrected chi connectivity index (χ1v) is 4.71. The van der Waals surface area contributed by atoms with Gasteiger partial charge in [-0.2, -0.15) is 18.2 Å². The third-order valence-corrected chi connectivity index (χ3v) is 1.71. The standard InChI is InChI=1S/C9H12F3N3O/c1-13-8-14-5-3-7(15-8)16-6-2-4-9(10,11)12/h3,5H,2,4,6H2,1H3,(H,13,14,15). The Morgan fingerprint density at radius 1 is 1.44 bits per heavy atom. The predicted octanol–water partition coefficient (Wildman–Crippen LogP) is 2.24. The summed E-state index contributed by atoms with van der Waals surface area (Å²) in [5.41, 5.74) is 0. The zero-order valence-corrected chi connectivity index (χ0v) is 8.71. The summed E-state index contributed by atoms with van der Waals surface area (Å²) in [4.78, 5) is 7.74. The lowest BCUT2D eigenvalue weighted by atomic mass is 10.3. The van der Waals surface area contributed by atoms with Gasteiger partial charge in [-0.3, -0.25) is 0 Å². The summed E-state index contributed by atoms with van der Waals surface area (Å²) < 4.78 is 40.5. The molecular formula is C9H12F3N3O. The Kier molecular flexibility index (Phi) is 4.33. The number of hydrogen-bond acceptors (Lipinski definition) is 4. The number of nitrogens with zero attached hydrogens (tertiary/aromatic N) is 2. The van der Waals surface area contributed by atoms with Gasteiger partial charge in [-0.05, 0) is 6.42 Å². The lowest BCUT2D eigenvalue weighted by molar-refractivity contribution is -0.136. The quantitative estimate of drug-likeness (QED) is 0.795. The van der Waals surface area contributed by atoms with E-state index in [2.05, 4.69) is 15.3 Å². The van der Waals surface area contributed by atoms with Crippen molar-refractivity contribution < 1.29 is 17.9 Å². The second-order valence-corrected chi connectivity index (χ2v) is 3.04. The van der Waals surface area contributed by atoms with E-state index in [1.165, 1.54) is 12.3 Å². The molecule has 0 unspecified atom stereocenters. The molecule has 0 spiro atoms. The minimum Gasteiger partial charge on any atom is -0.478 e. The topological polar surface area (TPSA) is 47.0 Å². The first-order valence-electron chi connectivity index (χ1n) is 4.71. The number of aromatic nitrogens is 2. The number of halogens is 3. The highest BCUT2D eigenvalue weighted by Crippen LogP contribution is 2.21. The number of hydrogen-bond donors (Lipinski definition) is 1. The Balaban J connectivity index is 2.32. The maximum absolute atomic E-state index is 11.8. The third kappa shape index (κ3) is 4.81. The molecule has 7 heteroatoms. The normalized spacial score (nSPS) is 11.2. The van der Waals surface area contributed by atoms with Crippen molar-refractivity contribution in [3.63, 3.8) is 0 Å². The van der Waals surface area contributed by atoms with Crippen molar-refractivity contribution in [1.82, 2.24) is 9.97 Å². The predicted molar refractivity (Wildman–Crippen MR) is 52.4 cm³/mol. The van der Waals surface area contributed by atoms with Gasteiger partial charge in [0.25, 0.3) is 0 Å². The van der Waals surface area contributed by atoms with E-state index in [9.17, 15) is 13.2 Å². The van der Waals surface area contributed by atoms with Crippen LogP contribution in [0.1, 0.15) is 12.8 Å². The van der Waals surface area contributed by atoms with Gasteiger partial charge >= 0.3 is 6.18 Å². The SMILES string of the molecule is CNc1nccc(OCCCC(F)(F)F)n1. The molecule has 1 aromatic rings. The molecule has 0 aliphatic carbocycles. The second-order valence-electron chi connectivity index (χ2n) is 3.04. The van der Waals surface area contributed by atoms with E-state index in [1.807, 2.05) is 0 Å². The molecule has 4 nitrogen and oxygen atoms in total.